The van der Waals surface area contributed by atoms with Gasteiger partial charge in [-0.1, -0.05) is 23.7 Å². The lowest BCUT2D eigenvalue weighted by Crippen LogP contribution is -2.38. The molecule has 0 spiro atoms. The maximum atomic E-state index is 10.7. The maximum absolute atomic E-state index is 10.7. The van der Waals surface area contributed by atoms with Crippen LogP contribution in [0, 0.1) is 18.8 Å². The number of nitrogens with zero attached hydrogens (tertiary/aromatic N) is 2. The molecule has 0 aliphatic carbocycles. The molecular formula is C12H13ClN3O+. The molecule has 0 amide bonds. The van der Waals surface area contributed by atoms with Crippen LogP contribution in [0.4, 0.5) is 5.69 Å². The van der Waals surface area contributed by atoms with Gasteiger partial charge in [0.15, 0.2) is 6.54 Å². The van der Waals surface area contributed by atoms with E-state index in [9.17, 15) is 4.91 Å². The van der Waals surface area contributed by atoms with Gasteiger partial charge >= 0.3 is 0 Å². The number of hydrogen-bond donors (Lipinski definition) is 1. The first-order valence-corrected chi connectivity index (χ1v) is 5.66. The topological polar surface area (TPSA) is 49.1 Å². The van der Waals surface area contributed by atoms with Crippen LogP contribution >= 0.6 is 11.6 Å². The Hall–Kier alpha value is -1.68. The Bertz CT molecular complexity index is 546. The van der Waals surface area contributed by atoms with Gasteiger partial charge in [0.05, 0.1) is 0 Å². The average molecular weight is 251 g/mol. The molecule has 0 aliphatic heterocycles. The number of rotatable bonds is 3. The van der Waals surface area contributed by atoms with Gasteiger partial charge in [-0.3, -0.25) is 0 Å². The van der Waals surface area contributed by atoms with Crippen LogP contribution in [0.5, 0.6) is 0 Å². The molecule has 17 heavy (non-hydrogen) atoms. The minimum Gasteiger partial charge on any atom is -0.167 e. The lowest BCUT2D eigenvalue weighted by molar-refractivity contribution is -0.747. The number of aryl methyl sites for hydroxylation is 1. The molecule has 0 saturated carbocycles. The van der Waals surface area contributed by atoms with Crippen molar-refractivity contribution < 1.29 is 4.68 Å². The normalized spacial score (nSPS) is 10.5. The maximum Gasteiger partial charge on any atom is 0.234 e. The quantitative estimate of drug-likeness (QED) is 0.661. The number of benzene rings is 1. The molecule has 1 aromatic heterocycles. The Balaban J connectivity index is 2.30. The second kappa shape index (κ2) is 4.67. The first-order valence-electron chi connectivity index (χ1n) is 5.28. The van der Waals surface area contributed by atoms with Crippen molar-refractivity contribution in [2.75, 3.05) is 0 Å². The van der Waals surface area contributed by atoms with E-state index in [1.54, 1.807) is 0 Å². The van der Waals surface area contributed by atoms with Crippen LogP contribution in [0.3, 0.4) is 0 Å². The van der Waals surface area contributed by atoms with Crippen molar-refractivity contribution in [3.05, 3.63) is 51.1 Å². The van der Waals surface area contributed by atoms with Crippen LogP contribution < -0.4 is 4.68 Å². The molecule has 0 radical (unpaired) electrons. The van der Waals surface area contributed by atoms with Crippen molar-refractivity contribution in [1.82, 2.24) is 5.10 Å². The second-order valence-corrected chi connectivity index (χ2v) is 4.41. The van der Waals surface area contributed by atoms with Crippen molar-refractivity contribution >= 4 is 17.3 Å². The van der Waals surface area contributed by atoms with E-state index in [2.05, 4.69) is 10.3 Å². The molecule has 88 valence electrons. The van der Waals surface area contributed by atoms with E-state index in [0.29, 0.717) is 17.3 Å². The molecule has 4 nitrogen and oxygen atoms in total. The third-order valence-corrected chi connectivity index (χ3v) is 3.00. The predicted molar refractivity (Wildman–Crippen MR) is 66.5 cm³/mol. The largest absolute Gasteiger partial charge is 0.234 e. The molecule has 0 unspecified atom stereocenters. The summed E-state index contributed by atoms with van der Waals surface area (Å²) in [7, 11) is 0. The molecule has 0 fully saturated rings. The van der Waals surface area contributed by atoms with E-state index in [4.69, 9.17) is 11.6 Å². The van der Waals surface area contributed by atoms with E-state index in [1.807, 2.05) is 42.8 Å². The number of nitrogens with one attached hydrogen (secondary N) is 1. The SMILES string of the molecule is Cc1[nH][n+](Cc2ccc(Cl)cc2)c(C)c1N=O. The molecule has 2 rings (SSSR count). The summed E-state index contributed by atoms with van der Waals surface area (Å²) < 4.78 is 1.90. The van der Waals surface area contributed by atoms with Gasteiger partial charge in [-0.15, -0.1) is 9.59 Å². The fourth-order valence-corrected chi connectivity index (χ4v) is 1.93. The van der Waals surface area contributed by atoms with Crippen molar-refractivity contribution in [3.63, 3.8) is 0 Å². The number of H-pyrrole nitrogens is 1. The summed E-state index contributed by atoms with van der Waals surface area (Å²) in [5, 5.41) is 6.86. The fraction of sp³-hybridized carbons (Fsp3) is 0.250. The summed E-state index contributed by atoms with van der Waals surface area (Å²) in [4.78, 5) is 10.7. The number of halogens is 1. The standard InChI is InChI=1S/C12H12ClN3O/c1-8-12(15-17)9(2)16(14-8)7-10-3-5-11(13)6-4-10/h3-6H,7H2,1-2H3/p+1. The minimum absolute atomic E-state index is 0.485. The molecular weight excluding hydrogens is 238 g/mol. The van der Waals surface area contributed by atoms with E-state index in [0.717, 1.165) is 17.0 Å². The highest BCUT2D eigenvalue weighted by molar-refractivity contribution is 6.30. The second-order valence-electron chi connectivity index (χ2n) is 3.97. The van der Waals surface area contributed by atoms with Gasteiger partial charge < -0.3 is 0 Å². The van der Waals surface area contributed by atoms with E-state index in [-0.39, 0.29) is 0 Å². The first kappa shape index (κ1) is 11.8. The van der Waals surface area contributed by atoms with Crippen LogP contribution in [0.1, 0.15) is 17.0 Å². The Morgan fingerprint density at radius 1 is 1.29 bits per heavy atom. The molecule has 2 aromatic rings. The summed E-state index contributed by atoms with van der Waals surface area (Å²) in [6, 6.07) is 7.61. The number of aromatic amines is 1. The van der Waals surface area contributed by atoms with E-state index < -0.39 is 0 Å². The number of nitroso groups, excluding NO2 is 1. The first-order chi connectivity index (χ1) is 8.11. The lowest BCUT2D eigenvalue weighted by Gasteiger charge is -1.96. The Morgan fingerprint density at radius 2 is 1.94 bits per heavy atom. The van der Waals surface area contributed by atoms with Gasteiger partial charge in [-0.2, -0.15) is 5.10 Å². The monoisotopic (exact) mass is 250 g/mol. The molecule has 0 bridgehead atoms. The Kier molecular flexibility index (Phi) is 3.24. The van der Waals surface area contributed by atoms with Crippen molar-refractivity contribution in [1.29, 1.82) is 0 Å². The molecule has 1 aromatic carbocycles. The molecule has 0 aliphatic rings. The van der Waals surface area contributed by atoms with Gasteiger partial charge in [0.1, 0.15) is 5.69 Å². The van der Waals surface area contributed by atoms with Crippen LogP contribution in [0.25, 0.3) is 0 Å². The zero-order valence-electron chi connectivity index (χ0n) is 9.70. The number of aromatic nitrogens is 2. The van der Waals surface area contributed by atoms with Crippen molar-refractivity contribution in [2.45, 2.75) is 20.4 Å². The van der Waals surface area contributed by atoms with Crippen LogP contribution in [-0.2, 0) is 6.54 Å². The summed E-state index contributed by atoms with van der Waals surface area (Å²) >= 11 is 5.83. The van der Waals surface area contributed by atoms with E-state index in [1.165, 1.54) is 0 Å². The van der Waals surface area contributed by atoms with Crippen molar-refractivity contribution in [2.24, 2.45) is 5.18 Å². The van der Waals surface area contributed by atoms with Gasteiger partial charge in [0.2, 0.25) is 11.4 Å². The molecule has 1 heterocycles. The minimum atomic E-state index is 0.485. The smallest absolute Gasteiger partial charge is 0.167 e. The fourth-order valence-electron chi connectivity index (χ4n) is 1.80. The highest BCUT2D eigenvalue weighted by Crippen LogP contribution is 2.18. The van der Waals surface area contributed by atoms with Crippen LogP contribution in [-0.4, -0.2) is 5.10 Å². The molecule has 1 N–H and O–H groups in total. The molecule has 5 heteroatoms. The summed E-state index contributed by atoms with van der Waals surface area (Å²) in [6.07, 6.45) is 0. The van der Waals surface area contributed by atoms with Gasteiger partial charge in [0, 0.05) is 17.5 Å². The summed E-state index contributed by atoms with van der Waals surface area (Å²) in [6.45, 7) is 4.37. The predicted octanol–water partition coefficient (Wildman–Crippen LogP) is 3.02. The summed E-state index contributed by atoms with van der Waals surface area (Å²) in [5.41, 5.74) is 3.22. The molecule has 0 saturated heterocycles. The van der Waals surface area contributed by atoms with Gasteiger partial charge in [-0.25, -0.2) is 0 Å². The van der Waals surface area contributed by atoms with Gasteiger partial charge in [-0.05, 0) is 24.2 Å². The number of hydrogen-bond acceptors (Lipinski definition) is 2. The highest BCUT2D eigenvalue weighted by atomic mass is 35.5. The van der Waals surface area contributed by atoms with E-state index >= 15 is 0 Å². The Morgan fingerprint density at radius 3 is 2.47 bits per heavy atom. The zero-order valence-corrected chi connectivity index (χ0v) is 10.5. The Labute approximate surface area is 104 Å². The zero-order chi connectivity index (χ0) is 12.4. The third-order valence-electron chi connectivity index (χ3n) is 2.75. The van der Waals surface area contributed by atoms with Crippen molar-refractivity contribution in [3.8, 4) is 0 Å². The molecule has 0 atom stereocenters. The third kappa shape index (κ3) is 2.36. The van der Waals surface area contributed by atoms with Gasteiger partial charge in [0.25, 0.3) is 0 Å². The summed E-state index contributed by atoms with van der Waals surface area (Å²) in [5.74, 6) is 0. The highest BCUT2D eigenvalue weighted by Gasteiger charge is 2.19. The van der Waals surface area contributed by atoms with Crippen LogP contribution in [0.15, 0.2) is 29.4 Å². The average Bonchev–Trinajstić information content (AvgIpc) is 2.57. The van der Waals surface area contributed by atoms with Crippen LogP contribution in [0.2, 0.25) is 5.02 Å². The lowest BCUT2D eigenvalue weighted by atomic mass is 10.2.